The van der Waals surface area contributed by atoms with Gasteiger partial charge in [-0.2, -0.15) is 18.9 Å². The molecule has 0 bridgehead atoms. The summed E-state index contributed by atoms with van der Waals surface area (Å²) in [6.45, 7) is 3.13. The van der Waals surface area contributed by atoms with Gasteiger partial charge < -0.3 is 5.32 Å². The Labute approximate surface area is 187 Å². The summed E-state index contributed by atoms with van der Waals surface area (Å²) in [5.74, 6) is -1.72. The second-order valence-electron chi connectivity index (χ2n) is 8.16. The number of H-pyrrole nitrogens is 1. The average molecular weight is 443 g/mol. The van der Waals surface area contributed by atoms with Gasteiger partial charge in [0, 0.05) is 17.0 Å². The highest BCUT2D eigenvalue weighted by Gasteiger charge is 2.18. The van der Waals surface area contributed by atoms with Gasteiger partial charge in [-0.05, 0) is 73.0 Å². The molecule has 0 saturated heterocycles. The van der Waals surface area contributed by atoms with Crippen LogP contribution in [0.2, 0.25) is 0 Å². The first-order valence-electron chi connectivity index (χ1n) is 10.7. The fourth-order valence-corrected chi connectivity index (χ4v) is 4.39. The van der Waals surface area contributed by atoms with Gasteiger partial charge in [-0.15, -0.1) is 5.10 Å². The second-order valence-corrected chi connectivity index (χ2v) is 8.16. The first kappa shape index (κ1) is 19.7. The number of nitrogens with zero attached hydrogens (tertiary/aromatic N) is 5. The molecular formula is C24H19F2N7. The minimum atomic E-state index is -0.860. The molecule has 7 nitrogen and oxygen atoms in total. The largest absolute Gasteiger partial charge is 0.310 e. The number of halogens is 2. The molecule has 2 N–H and O–H groups in total. The molecule has 33 heavy (non-hydrogen) atoms. The van der Waals surface area contributed by atoms with Crippen molar-refractivity contribution in [2.75, 3.05) is 6.54 Å². The van der Waals surface area contributed by atoms with Crippen LogP contribution in [-0.2, 0) is 6.42 Å². The number of pyridine rings is 1. The van der Waals surface area contributed by atoms with Gasteiger partial charge in [-0.25, -0.2) is 4.68 Å². The lowest BCUT2D eigenvalue weighted by atomic mass is 9.95. The number of fused-ring (bicyclic) bond motifs is 2. The van der Waals surface area contributed by atoms with Gasteiger partial charge in [-0.3, -0.25) is 5.10 Å². The lowest BCUT2D eigenvalue weighted by Crippen LogP contribution is -2.27. The van der Waals surface area contributed by atoms with E-state index in [9.17, 15) is 8.78 Å². The van der Waals surface area contributed by atoms with Crippen molar-refractivity contribution in [1.29, 1.82) is 0 Å². The van der Waals surface area contributed by atoms with E-state index in [1.807, 2.05) is 12.3 Å². The normalized spacial score (nSPS) is 15.7. The summed E-state index contributed by atoms with van der Waals surface area (Å²) in [4.78, 5) is 3.28. The average Bonchev–Trinajstić information content (AvgIpc) is 3.46. The third-order valence-electron chi connectivity index (χ3n) is 6.13. The van der Waals surface area contributed by atoms with Crippen LogP contribution in [0.5, 0.6) is 0 Å². The highest BCUT2D eigenvalue weighted by atomic mass is 19.1. The third-order valence-corrected chi connectivity index (χ3v) is 6.13. The first-order valence-corrected chi connectivity index (χ1v) is 10.7. The van der Waals surface area contributed by atoms with Crippen LogP contribution in [0.1, 0.15) is 24.1 Å². The molecule has 0 radical (unpaired) electrons. The maximum atomic E-state index is 14.2. The standard InChI is InChI=1S/C24H19F2N7/c1-13-18-11-16(4-2-14(18)8-9-27-13)33-12-21(30-32-33)23-19-10-15(3-6-20(19)29-31-23)17-5-7-22(25)28-24(17)26/h2-7,10-13,27H,8-9H2,1H3,(H,29,31). The van der Waals surface area contributed by atoms with E-state index in [-0.39, 0.29) is 11.6 Å². The summed E-state index contributed by atoms with van der Waals surface area (Å²) in [5.41, 5.74) is 6.26. The third kappa shape index (κ3) is 3.37. The number of benzene rings is 2. The zero-order chi connectivity index (χ0) is 22.5. The number of aromatic nitrogens is 6. The molecule has 9 heteroatoms. The predicted octanol–water partition coefficient (Wildman–Crippen LogP) is 4.36. The molecule has 2 aromatic carbocycles. The smallest absolute Gasteiger partial charge is 0.223 e. The van der Waals surface area contributed by atoms with Crippen molar-refractivity contribution in [3.63, 3.8) is 0 Å². The molecule has 1 aliphatic heterocycles. The lowest BCUT2D eigenvalue weighted by Gasteiger charge is -2.24. The van der Waals surface area contributed by atoms with Gasteiger partial charge >= 0.3 is 0 Å². The van der Waals surface area contributed by atoms with Crippen LogP contribution in [0, 0.1) is 11.9 Å². The summed E-state index contributed by atoms with van der Waals surface area (Å²) in [6.07, 6.45) is 2.83. The van der Waals surface area contributed by atoms with E-state index in [1.165, 1.54) is 17.2 Å². The molecule has 6 rings (SSSR count). The van der Waals surface area contributed by atoms with E-state index in [1.54, 1.807) is 22.9 Å². The van der Waals surface area contributed by atoms with Crippen LogP contribution in [0.3, 0.4) is 0 Å². The summed E-state index contributed by atoms with van der Waals surface area (Å²) >= 11 is 0. The minimum absolute atomic E-state index is 0.214. The zero-order valence-electron chi connectivity index (χ0n) is 17.7. The Morgan fingerprint density at radius 3 is 2.85 bits per heavy atom. The number of hydrogen-bond acceptors (Lipinski definition) is 5. The number of hydrogen-bond donors (Lipinski definition) is 2. The van der Waals surface area contributed by atoms with Crippen LogP contribution < -0.4 is 5.32 Å². The predicted molar refractivity (Wildman–Crippen MR) is 120 cm³/mol. The Morgan fingerprint density at radius 1 is 1.06 bits per heavy atom. The highest BCUT2D eigenvalue weighted by Crippen LogP contribution is 2.31. The fourth-order valence-electron chi connectivity index (χ4n) is 4.39. The molecule has 5 aromatic rings. The molecule has 0 fully saturated rings. The van der Waals surface area contributed by atoms with Gasteiger partial charge in [0.05, 0.1) is 17.4 Å². The van der Waals surface area contributed by atoms with Gasteiger partial charge in [-0.1, -0.05) is 17.3 Å². The molecule has 0 saturated carbocycles. The van der Waals surface area contributed by atoms with Crippen molar-refractivity contribution in [1.82, 2.24) is 35.5 Å². The van der Waals surface area contributed by atoms with Crippen molar-refractivity contribution in [3.8, 4) is 28.2 Å². The van der Waals surface area contributed by atoms with Gasteiger partial charge in [0.2, 0.25) is 11.9 Å². The van der Waals surface area contributed by atoms with E-state index in [4.69, 9.17) is 0 Å². The molecule has 4 heterocycles. The zero-order valence-corrected chi connectivity index (χ0v) is 17.7. The van der Waals surface area contributed by atoms with Gasteiger partial charge in [0.15, 0.2) is 0 Å². The maximum Gasteiger partial charge on any atom is 0.223 e. The Kier molecular flexibility index (Phi) is 4.51. The van der Waals surface area contributed by atoms with Crippen LogP contribution in [0.25, 0.3) is 39.1 Å². The molecule has 164 valence electrons. The molecular weight excluding hydrogens is 424 g/mol. The highest BCUT2D eigenvalue weighted by molar-refractivity contribution is 5.94. The van der Waals surface area contributed by atoms with E-state index < -0.39 is 11.9 Å². The van der Waals surface area contributed by atoms with Gasteiger partial charge in [0.25, 0.3) is 0 Å². The van der Waals surface area contributed by atoms with Crippen molar-refractivity contribution in [2.45, 2.75) is 19.4 Å². The monoisotopic (exact) mass is 443 g/mol. The van der Waals surface area contributed by atoms with Crippen LogP contribution in [0.4, 0.5) is 8.78 Å². The molecule has 1 aliphatic rings. The van der Waals surface area contributed by atoms with Crippen molar-refractivity contribution >= 4 is 10.9 Å². The Morgan fingerprint density at radius 2 is 1.97 bits per heavy atom. The summed E-state index contributed by atoms with van der Waals surface area (Å²) in [6, 6.07) is 14.4. The molecule has 0 spiro atoms. The molecule has 1 unspecified atom stereocenters. The summed E-state index contributed by atoms with van der Waals surface area (Å²) in [5, 5.41) is 20.3. The maximum absolute atomic E-state index is 14.2. The number of aromatic amines is 1. The van der Waals surface area contributed by atoms with E-state index >= 15 is 0 Å². The molecule has 3 aromatic heterocycles. The van der Waals surface area contributed by atoms with E-state index in [2.05, 4.69) is 49.9 Å². The molecule has 0 amide bonds. The Balaban J connectivity index is 1.39. The van der Waals surface area contributed by atoms with E-state index in [0.29, 0.717) is 17.0 Å². The fraction of sp³-hybridized carbons (Fsp3) is 0.167. The molecule has 0 aliphatic carbocycles. The van der Waals surface area contributed by atoms with Crippen molar-refractivity contribution in [2.24, 2.45) is 0 Å². The van der Waals surface area contributed by atoms with E-state index in [0.717, 1.165) is 35.6 Å². The Hall–Kier alpha value is -3.98. The molecule has 1 atom stereocenters. The minimum Gasteiger partial charge on any atom is -0.310 e. The van der Waals surface area contributed by atoms with Crippen LogP contribution in [0.15, 0.2) is 54.7 Å². The summed E-state index contributed by atoms with van der Waals surface area (Å²) in [7, 11) is 0. The van der Waals surface area contributed by atoms with Crippen LogP contribution >= 0.6 is 0 Å². The Bertz CT molecular complexity index is 1500. The lowest BCUT2D eigenvalue weighted by molar-refractivity contribution is 0.515. The van der Waals surface area contributed by atoms with Crippen molar-refractivity contribution < 1.29 is 8.78 Å². The topological polar surface area (TPSA) is 84.3 Å². The SMILES string of the molecule is CC1NCCc2ccc(-n3cc(-c4n[nH]c5ccc(-c6ccc(F)nc6F)cc45)nn3)cc21. The first-order chi connectivity index (χ1) is 16.1. The summed E-state index contributed by atoms with van der Waals surface area (Å²) < 4.78 is 29.2. The van der Waals surface area contributed by atoms with Gasteiger partial charge in [0.1, 0.15) is 11.4 Å². The van der Waals surface area contributed by atoms with Crippen LogP contribution in [-0.4, -0.2) is 36.7 Å². The van der Waals surface area contributed by atoms with Crippen molar-refractivity contribution in [3.05, 3.63) is 77.8 Å². The number of nitrogens with one attached hydrogen (secondary N) is 2. The quantitative estimate of drug-likeness (QED) is 0.405. The number of rotatable bonds is 3. The second kappa shape index (κ2) is 7.56.